The molecule has 0 atom stereocenters. The third-order valence-corrected chi connectivity index (χ3v) is 5.98. The number of hydrogen-bond acceptors (Lipinski definition) is 4. The normalized spacial score (nSPS) is 14.8. The van der Waals surface area contributed by atoms with Gasteiger partial charge in [0.25, 0.3) is 0 Å². The van der Waals surface area contributed by atoms with Crippen molar-refractivity contribution in [2.24, 2.45) is 0 Å². The standard InChI is InChI=1S/C25H24F3NO3S/c1-2-19-13-22(11-12-23(19)32-15-24(30)31)33-16-18-5-3-17(4-6-18)14-29-21-9-7-20(8-10-21)25(26,27)28/h3,5-14,29H,2,4,15-16H2,1H3,(H,30,31)/b17-14-. The van der Waals surface area contributed by atoms with Gasteiger partial charge in [-0.1, -0.05) is 25.2 Å². The maximum atomic E-state index is 12.6. The zero-order chi connectivity index (χ0) is 23.8. The van der Waals surface area contributed by atoms with Crippen LogP contribution in [0.25, 0.3) is 0 Å². The first kappa shape index (κ1) is 24.5. The fraction of sp³-hybridized carbons (Fsp3) is 0.240. The van der Waals surface area contributed by atoms with Gasteiger partial charge in [-0.3, -0.25) is 0 Å². The summed E-state index contributed by atoms with van der Waals surface area (Å²) in [5.74, 6) is 0.375. The highest BCUT2D eigenvalue weighted by Gasteiger charge is 2.29. The maximum absolute atomic E-state index is 12.6. The molecular formula is C25H24F3NO3S. The Balaban J connectivity index is 1.51. The number of benzene rings is 2. The van der Waals surface area contributed by atoms with E-state index in [4.69, 9.17) is 9.84 Å². The number of halogens is 3. The van der Waals surface area contributed by atoms with Crippen molar-refractivity contribution in [3.8, 4) is 5.75 Å². The van der Waals surface area contributed by atoms with Gasteiger partial charge in [0.1, 0.15) is 5.75 Å². The van der Waals surface area contributed by atoms with Crippen molar-refractivity contribution in [1.29, 1.82) is 0 Å². The number of hydrogen-bond donors (Lipinski definition) is 2. The van der Waals surface area contributed by atoms with Gasteiger partial charge >= 0.3 is 12.1 Å². The summed E-state index contributed by atoms with van der Waals surface area (Å²) in [5.41, 5.74) is 3.09. The Morgan fingerprint density at radius 3 is 2.55 bits per heavy atom. The van der Waals surface area contributed by atoms with Crippen LogP contribution in [0.3, 0.4) is 0 Å². The minimum Gasteiger partial charge on any atom is -0.482 e. The SMILES string of the molecule is CCc1cc(SCC2=CC/C(=C\Nc3ccc(C(F)(F)F)cc3)C=C2)ccc1OCC(=O)O. The van der Waals surface area contributed by atoms with Gasteiger partial charge in [-0.2, -0.15) is 13.2 Å². The van der Waals surface area contributed by atoms with Gasteiger partial charge in [0.05, 0.1) is 5.56 Å². The quantitative estimate of drug-likeness (QED) is 0.395. The van der Waals surface area contributed by atoms with Gasteiger partial charge in [0, 0.05) is 22.5 Å². The summed E-state index contributed by atoms with van der Waals surface area (Å²) < 4.78 is 43.3. The van der Waals surface area contributed by atoms with Crippen molar-refractivity contribution < 1.29 is 27.8 Å². The van der Waals surface area contributed by atoms with Gasteiger partial charge in [0.15, 0.2) is 6.61 Å². The highest BCUT2D eigenvalue weighted by atomic mass is 32.2. The van der Waals surface area contributed by atoms with Crippen molar-refractivity contribution >= 4 is 23.4 Å². The van der Waals surface area contributed by atoms with Crippen LogP contribution in [-0.2, 0) is 17.4 Å². The van der Waals surface area contributed by atoms with Gasteiger partial charge in [-0.05, 0) is 72.0 Å². The molecule has 0 saturated heterocycles. The first-order chi connectivity index (χ1) is 15.7. The second-order valence-electron chi connectivity index (χ2n) is 7.35. The molecule has 0 spiro atoms. The maximum Gasteiger partial charge on any atom is 0.416 e. The van der Waals surface area contributed by atoms with Gasteiger partial charge in [0.2, 0.25) is 0 Å². The number of alkyl halides is 3. The largest absolute Gasteiger partial charge is 0.482 e. The summed E-state index contributed by atoms with van der Waals surface area (Å²) in [6.45, 7) is 1.64. The number of allylic oxidation sites excluding steroid dienone is 4. The second-order valence-corrected chi connectivity index (χ2v) is 8.40. The Morgan fingerprint density at radius 2 is 1.94 bits per heavy atom. The highest BCUT2D eigenvalue weighted by Crippen LogP contribution is 2.31. The van der Waals surface area contributed by atoms with E-state index in [0.29, 0.717) is 11.4 Å². The van der Waals surface area contributed by atoms with Crippen molar-refractivity contribution in [2.75, 3.05) is 17.7 Å². The third-order valence-electron chi connectivity index (χ3n) is 4.92. The number of carboxylic acid groups (broad SMARTS) is 1. The Kier molecular flexibility index (Phi) is 8.27. The van der Waals surface area contributed by atoms with Crippen molar-refractivity contribution in [2.45, 2.75) is 30.8 Å². The topological polar surface area (TPSA) is 58.6 Å². The molecule has 1 aliphatic rings. The third kappa shape index (κ3) is 7.46. The molecule has 0 bridgehead atoms. The Bertz CT molecular complexity index is 1070. The van der Waals surface area contributed by atoms with E-state index in [2.05, 4.69) is 11.4 Å². The predicted molar refractivity (Wildman–Crippen MR) is 125 cm³/mol. The Labute approximate surface area is 194 Å². The van der Waals surface area contributed by atoms with E-state index in [1.807, 2.05) is 37.3 Å². The average Bonchev–Trinajstić information content (AvgIpc) is 2.80. The van der Waals surface area contributed by atoms with Crippen LogP contribution in [0.2, 0.25) is 0 Å². The zero-order valence-electron chi connectivity index (χ0n) is 18.0. The van der Waals surface area contributed by atoms with Crippen LogP contribution in [0.5, 0.6) is 5.75 Å². The molecule has 1 aliphatic carbocycles. The number of carbonyl (C=O) groups is 1. The Hall–Kier alpha value is -3.13. The molecule has 0 unspecified atom stereocenters. The van der Waals surface area contributed by atoms with Crippen LogP contribution in [-0.4, -0.2) is 23.4 Å². The summed E-state index contributed by atoms with van der Waals surface area (Å²) >= 11 is 1.69. The van der Waals surface area contributed by atoms with E-state index < -0.39 is 17.7 Å². The molecule has 2 aromatic rings. The molecule has 0 aliphatic heterocycles. The second kappa shape index (κ2) is 11.1. The van der Waals surface area contributed by atoms with Crippen LogP contribution < -0.4 is 10.1 Å². The van der Waals surface area contributed by atoms with E-state index in [9.17, 15) is 18.0 Å². The molecule has 0 heterocycles. The van der Waals surface area contributed by atoms with Crippen LogP contribution in [0, 0.1) is 0 Å². The fourth-order valence-corrected chi connectivity index (χ4v) is 4.05. The first-order valence-electron chi connectivity index (χ1n) is 10.3. The summed E-state index contributed by atoms with van der Waals surface area (Å²) in [7, 11) is 0. The molecular weight excluding hydrogens is 451 g/mol. The number of nitrogens with one attached hydrogen (secondary N) is 1. The molecule has 0 amide bonds. The number of thioether (sulfide) groups is 1. The molecule has 0 aromatic heterocycles. The molecule has 2 N–H and O–H groups in total. The first-order valence-corrected chi connectivity index (χ1v) is 11.3. The summed E-state index contributed by atoms with van der Waals surface area (Å²) in [4.78, 5) is 11.8. The van der Waals surface area contributed by atoms with Gasteiger partial charge in [-0.15, -0.1) is 11.8 Å². The zero-order valence-corrected chi connectivity index (χ0v) is 18.8. The molecule has 0 saturated carbocycles. The number of anilines is 1. The van der Waals surface area contributed by atoms with Crippen molar-refractivity contribution in [3.63, 3.8) is 0 Å². The number of carboxylic acids is 1. The number of rotatable bonds is 9. The lowest BCUT2D eigenvalue weighted by Gasteiger charge is -2.13. The van der Waals surface area contributed by atoms with E-state index >= 15 is 0 Å². The minimum atomic E-state index is -4.34. The van der Waals surface area contributed by atoms with Gasteiger partial charge in [-0.25, -0.2) is 4.79 Å². The Morgan fingerprint density at radius 1 is 1.18 bits per heavy atom. The van der Waals surface area contributed by atoms with Crippen LogP contribution in [0.1, 0.15) is 24.5 Å². The highest BCUT2D eigenvalue weighted by molar-refractivity contribution is 7.99. The van der Waals surface area contributed by atoms with Crippen molar-refractivity contribution in [1.82, 2.24) is 0 Å². The number of aliphatic carboxylic acids is 1. The van der Waals surface area contributed by atoms with Crippen LogP contribution in [0.15, 0.2) is 82.9 Å². The summed E-state index contributed by atoms with van der Waals surface area (Å²) in [6, 6.07) is 10.7. The van der Waals surface area contributed by atoms with Crippen molar-refractivity contribution in [3.05, 3.63) is 89.2 Å². The molecule has 3 rings (SSSR count). The molecule has 0 fully saturated rings. The molecule has 0 radical (unpaired) electrons. The molecule has 8 heteroatoms. The fourth-order valence-electron chi connectivity index (χ4n) is 3.11. The average molecular weight is 476 g/mol. The van der Waals surface area contributed by atoms with E-state index in [1.54, 1.807) is 18.0 Å². The summed E-state index contributed by atoms with van der Waals surface area (Å²) in [6.07, 6.45) is 5.07. The smallest absolute Gasteiger partial charge is 0.416 e. The van der Waals surface area contributed by atoms with E-state index in [0.717, 1.165) is 46.8 Å². The lowest BCUT2D eigenvalue weighted by molar-refractivity contribution is -0.139. The molecule has 4 nitrogen and oxygen atoms in total. The molecule has 33 heavy (non-hydrogen) atoms. The van der Waals surface area contributed by atoms with E-state index in [-0.39, 0.29) is 6.61 Å². The lowest BCUT2D eigenvalue weighted by atomic mass is 10.0. The summed E-state index contributed by atoms with van der Waals surface area (Å²) in [5, 5.41) is 11.8. The number of ether oxygens (including phenoxy) is 1. The van der Waals surface area contributed by atoms with Crippen LogP contribution in [0.4, 0.5) is 18.9 Å². The van der Waals surface area contributed by atoms with E-state index in [1.165, 1.54) is 17.7 Å². The molecule has 2 aromatic carbocycles. The lowest BCUT2D eigenvalue weighted by Crippen LogP contribution is -2.10. The molecule has 174 valence electrons. The predicted octanol–water partition coefficient (Wildman–Crippen LogP) is 6.71. The number of aryl methyl sites for hydroxylation is 1. The monoisotopic (exact) mass is 475 g/mol. The minimum absolute atomic E-state index is 0.360. The van der Waals surface area contributed by atoms with Gasteiger partial charge < -0.3 is 15.2 Å². The van der Waals surface area contributed by atoms with Crippen LogP contribution >= 0.6 is 11.8 Å².